The number of amides is 3. The Bertz CT molecular complexity index is 977. The number of rotatable bonds is 6. The van der Waals surface area contributed by atoms with Crippen molar-refractivity contribution in [2.45, 2.75) is 6.42 Å². The first-order chi connectivity index (χ1) is 14.5. The Morgan fingerprint density at radius 1 is 1.00 bits per heavy atom. The second kappa shape index (κ2) is 10.00. The summed E-state index contributed by atoms with van der Waals surface area (Å²) in [5.74, 6) is -1.76. The number of imide groups is 1. The predicted octanol–water partition coefficient (Wildman–Crippen LogP) is 2.50. The highest BCUT2D eigenvalue weighted by Crippen LogP contribution is 2.29. The number of benzene rings is 2. The number of morpholine rings is 1. The van der Waals surface area contributed by atoms with Gasteiger partial charge in [-0.25, -0.2) is 9.29 Å². The van der Waals surface area contributed by atoms with Crippen LogP contribution in [0.25, 0.3) is 0 Å². The minimum Gasteiger partial charge on any atom is -0.379 e. The van der Waals surface area contributed by atoms with Gasteiger partial charge < -0.3 is 10.1 Å². The summed E-state index contributed by atoms with van der Waals surface area (Å²) >= 11 is 0. The van der Waals surface area contributed by atoms with Crippen molar-refractivity contribution in [3.05, 3.63) is 65.0 Å². The van der Waals surface area contributed by atoms with Crippen molar-refractivity contribution < 1.29 is 23.5 Å². The summed E-state index contributed by atoms with van der Waals surface area (Å²) in [5, 5.41) is 2.86. The minimum absolute atomic E-state index is 0. The fourth-order valence-corrected chi connectivity index (χ4v) is 3.64. The highest BCUT2D eigenvalue weighted by Gasteiger charge is 2.37. The molecule has 0 spiro atoms. The number of ether oxygens (including phenoxy) is 1. The van der Waals surface area contributed by atoms with Crippen LogP contribution in [0.15, 0.2) is 42.5 Å². The first-order valence-corrected chi connectivity index (χ1v) is 9.91. The summed E-state index contributed by atoms with van der Waals surface area (Å²) in [6, 6.07) is 9.59. The zero-order chi connectivity index (χ0) is 21.1. The molecular formula is C22H23ClFN3O4. The number of carbonyl (C=O) groups is 3. The normalized spacial score (nSPS) is 16.1. The molecule has 2 aliphatic rings. The fourth-order valence-electron chi connectivity index (χ4n) is 3.64. The molecule has 31 heavy (non-hydrogen) atoms. The largest absolute Gasteiger partial charge is 0.379 e. The van der Waals surface area contributed by atoms with Crippen LogP contribution in [-0.2, 0) is 4.74 Å². The number of nitrogens with zero attached hydrogens (tertiary/aromatic N) is 2. The van der Waals surface area contributed by atoms with Crippen molar-refractivity contribution >= 4 is 35.8 Å². The highest BCUT2D eigenvalue weighted by molar-refractivity contribution is 6.34. The number of fused-ring (bicyclic) bond motifs is 1. The molecule has 2 aromatic rings. The number of anilines is 1. The van der Waals surface area contributed by atoms with E-state index in [4.69, 9.17) is 4.74 Å². The predicted molar refractivity (Wildman–Crippen MR) is 115 cm³/mol. The van der Waals surface area contributed by atoms with Crippen LogP contribution in [0.1, 0.15) is 37.5 Å². The van der Waals surface area contributed by atoms with Crippen molar-refractivity contribution in [2.75, 3.05) is 44.3 Å². The molecular weight excluding hydrogens is 425 g/mol. The molecule has 2 aliphatic heterocycles. The Kier molecular flexibility index (Phi) is 7.37. The van der Waals surface area contributed by atoms with Crippen molar-refractivity contribution in [3.63, 3.8) is 0 Å². The topological polar surface area (TPSA) is 79.0 Å². The quantitative estimate of drug-likeness (QED) is 0.543. The van der Waals surface area contributed by atoms with E-state index in [-0.39, 0.29) is 35.1 Å². The SMILES string of the molecule is Cl.O=C(NCCCN1CCOCC1)c1ccc2c(c1)C(=O)N(c1ccc(F)cc1)C2=O. The Morgan fingerprint density at radius 2 is 1.68 bits per heavy atom. The molecule has 0 saturated carbocycles. The van der Waals surface area contributed by atoms with Crippen LogP contribution in [0.4, 0.5) is 10.1 Å². The Hall–Kier alpha value is -2.81. The van der Waals surface area contributed by atoms with Crippen LogP contribution >= 0.6 is 12.4 Å². The summed E-state index contributed by atoms with van der Waals surface area (Å²) in [5.41, 5.74) is 1.01. The van der Waals surface area contributed by atoms with E-state index >= 15 is 0 Å². The van der Waals surface area contributed by atoms with Crippen LogP contribution in [0.5, 0.6) is 0 Å². The van der Waals surface area contributed by atoms with E-state index in [1.165, 1.54) is 42.5 Å². The smallest absolute Gasteiger partial charge is 0.266 e. The van der Waals surface area contributed by atoms with Gasteiger partial charge in [0.25, 0.3) is 17.7 Å². The van der Waals surface area contributed by atoms with Crippen molar-refractivity contribution in [1.29, 1.82) is 0 Å². The molecule has 9 heteroatoms. The Balaban J connectivity index is 0.00000272. The molecule has 1 saturated heterocycles. The lowest BCUT2D eigenvalue weighted by molar-refractivity contribution is 0.0374. The van der Waals surface area contributed by atoms with E-state index in [9.17, 15) is 18.8 Å². The maximum atomic E-state index is 13.2. The third kappa shape index (κ3) is 4.92. The summed E-state index contributed by atoms with van der Waals surface area (Å²) in [7, 11) is 0. The van der Waals surface area contributed by atoms with Gasteiger partial charge in [0.05, 0.1) is 30.0 Å². The molecule has 0 aromatic heterocycles. The van der Waals surface area contributed by atoms with Gasteiger partial charge in [-0.05, 0) is 55.4 Å². The van der Waals surface area contributed by atoms with Gasteiger partial charge in [0.15, 0.2) is 0 Å². The molecule has 164 valence electrons. The monoisotopic (exact) mass is 447 g/mol. The fraction of sp³-hybridized carbons (Fsp3) is 0.318. The average Bonchev–Trinajstić information content (AvgIpc) is 3.02. The molecule has 0 atom stereocenters. The van der Waals surface area contributed by atoms with Crippen molar-refractivity contribution in [2.24, 2.45) is 0 Å². The van der Waals surface area contributed by atoms with E-state index in [0.717, 1.165) is 44.2 Å². The van der Waals surface area contributed by atoms with Gasteiger partial charge in [-0.15, -0.1) is 12.4 Å². The third-order valence-corrected chi connectivity index (χ3v) is 5.27. The second-order valence-electron chi connectivity index (χ2n) is 7.25. The van der Waals surface area contributed by atoms with Crippen molar-refractivity contribution in [1.82, 2.24) is 10.2 Å². The summed E-state index contributed by atoms with van der Waals surface area (Å²) < 4.78 is 18.5. The molecule has 0 aliphatic carbocycles. The van der Waals surface area contributed by atoms with Crippen LogP contribution < -0.4 is 10.2 Å². The number of carbonyl (C=O) groups excluding carboxylic acids is 3. The zero-order valence-corrected chi connectivity index (χ0v) is 17.6. The van der Waals surface area contributed by atoms with Crippen LogP contribution in [0, 0.1) is 5.82 Å². The Labute approximate surface area is 185 Å². The van der Waals surface area contributed by atoms with E-state index in [1.807, 2.05) is 0 Å². The van der Waals surface area contributed by atoms with E-state index in [1.54, 1.807) is 0 Å². The molecule has 1 N–H and O–H groups in total. The molecule has 4 rings (SSSR count). The lowest BCUT2D eigenvalue weighted by Gasteiger charge is -2.26. The van der Waals surface area contributed by atoms with Gasteiger partial charge >= 0.3 is 0 Å². The molecule has 1 fully saturated rings. The maximum absolute atomic E-state index is 13.2. The molecule has 3 amide bonds. The molecule has 7 nitrogen and oxygen atoms in total. The van der Waals surface area contributed by atoms with Gasteiger partial charge in [0.1, 0.15) is 5.82 Å². The first kappa shape index (κ1) is 22.9. The third-order valence-electron chi connectivity index (χ3n) is 5.27. The highest BCUT2D eigenvalue weighted by atomic mass is 35.5. The van der Waals surface area contributed by atoms with Gasteiger partial charge in [-0.3, -0.25) is 19.3 Å². The van der Waals surface area contributed by atoms with Crippen LogP contribution in [0.3, 0.4) is 0 Å². The maximum Gasteiger partial charge on any atom is 0.266 e. The molecule has 2 aromatic carbocycles. The average molecular weight is 448 g/mol. The molecule has 2 heterocycles. The summed E-state index contributed by atoms with van der Waals surface area (Å²) in [6.07, 6.45) is 0.812. The van der Waals surface area contributed by atoms with E-state index in [0.29, 0.717) is 12.1 Å². The number of hydrogen-bond donors (Lipinski definition) is 1. The van der Waals surface area contributed by atoms with Crippen LogP contribution in [-0.4, -0.2) is 62.0 Å². The van der Waals surface area contributed by atoms with Gasteiger partial charge in [0, 0.05) is 25.2 Å². The number of halogens is 2. The van der Waals surface area contributed by atoms with E-state index in [2.05, 4.69) is 10.2 Å². The minimum atomic E-state index is -0.524. The summed E-state index contributed by atoms with van der Waals surface area (Å²) in [6.45, 7) is 4.68. The van der Waals surface area contributed by atoms with Gasteiger partial charge in [-0.2, -0.15) is 0 Å². The second-order valence-corrected chi connectivity index (χ2v) is 7.25. The summed E-state index contributed by atoms with van der Waals surface area (Å²) in [4.78, 5) is 41.2. The molecule has 0 unspecified atom stereocenters. The van der Waals surface area contributed by atoms with Crippen molar-refractivity contribution in [3.8, 4) is 0 Å². The number of hydrogen-bond acceptors (Lipinski definition) is 5. The molecule has 0 radical (unpaired) electrons. The zero-order valence-electron chi connectivity index (χ0n) is 16.8. The lowest BCUT2D eigenvalue weighted by atomic mass is 10.1. The standard InChI is InChI=1S/C22H22FN3O4.ClH/c23-16-3-5-17(6-4-16)26-21(28)18-7-2-15(14-19(18)22(26)29)20(27)24-8-1-9-25-10-12-30-13-11-25;/h2-7,14H,1,8-13H2,(H,24,27);1H. The van der Waals surface area contributed by atoms with Gasteiger partial charge in [0.2, 0.25) is 0 Å². The Morgan fingerprint density at radius 3 is 2.39 bits per heavy atom. The first-order valence-electron chi connectivity index (χ1n) is 9.91. The van der Waals surface area contributed by atoms with E-state index < -0.39 is 17.6 Å². The van der Waals surface area contributed by atoms with Crippen LogP contribution in [0.2, 0.25) is 0 Å². The number of nitrogens with one attached hydrogen (secondary N) is 1. The molecule has 0 bridgehead atoms. The lowest BCUT2D eigenvalue weighted by Crippen LogP contribution is -2.38. The van der Waals surface area contributed by atoms with Gasteiger partial charge in [-0.1, -0.05) is 0 Å².